The van der Waals surface area contributed by atoms with Crippen molar-refractivity contribution in [2.75, 3.05) is 12.3 Å². The van der Waals surface area contributed by atoms with Gasteiger partial charge in [-0.1, -0.05) is 48.5 Å². The van der Waals surface area contributed by atoms with Crippen LogP contribution < -0.4 is 5.32 Å². The molecule has 0 amide bonds. The molecule has 1 aromatic rings. The largest absolute Gasteiger partial charge is 0.358 e. The van der Waals surface area contributed by atoms with Gasteiger partial charge in [0.2, 0.25) is 0 Å². The van der Waals surface area contributed by atoms with Crippen LogP contribution in [-0.2, 0) is 0 Å². The van der Waals surface area contributed by atoms with Crippen LogP contribution in [0.25, 0.3) is 0 Å². The number of aliphatic imine (C=N–C) groups is 1. The second-order valence-corrected chi connectivity index (χ2v) is 5.87. The van der Waals surface area contributed by atoms with E-state index in [1.165, 1.54) is 0 Å². The molecule has 1 N–H and O–H groups in total. The standard InChI is InChI=1S/C13H17ClN2S/c1-9-7-15-13(17-8-9)16-10(2)11-5-3-4-6-12(11)14/h3-6,9-10H,7-8H2,1-2H3,(H,15,16). The van der Waals surface area contributed by atoms with Crippen LogP contribution in [0.2, 0.25) is 5.02 Å². The Hall–Kier alpha value is -0.670. The van der Waals surface area contributed by atoms with Gasteiger partial charge in [0.1, 0.15) is 0 Å². The number of thioether (sulfide) groups is 1. The highest BCUT2D eigenvalue weighted by molar-refractivity contribution is 8.13. The molecule has 1 aliphatic heterocycles. The Bertz CT molecular complexity index is 420. The molecule has 1 aliphatic rings. The number of rotatable bonds is 2. The van der Waals surface area contributed by atoms with Crippen LogP contribution in [0.4, 0.5) is 0 Å². The number of hydrogen-bond donors (Lipinski definition) is 1. The fourth-order valence-corrected chi connectivity index (χ4v) is 3.01. The molecule has 0 saturated carbocycles. The summed E-state index contributed by atoms with van der Waals surface area (Å²) in [7, 11) is 0. The first-order valence-electron chi connectivity index (χ1n) is 5.85. The lowest BCUT2D eigenvalue weighted by Gasteiger charge is -2.22. The summed E-state index contributed by atoms with van der Waals surface area (Å²) in [6.07, 6.45) is 0. The molecule has 2 unspecified atom stereocenters. The molecule has 2 rings (SSSR count). The van der Waals surface area contributed by atoms with Crippen molar-refractivity contribution in [2.45, 2.75) is 19.9 Å². The Kier molecular flexibility index (Phi) is 4.35. The Balaban J connectivity index is 2.02. The summed E-state index contributed by atoms with van der Waals surface area (Å²) in [5, 5.41) is 5.27. The van der Waals surface area contributed by atoms with E-state index in [-0.39, 0.29) is 6.04 Å². The summed E-state index contributed by atoms with van der Waals surface area (Å²) in [5.41, 5.74) is 1.12. The van der Waals surface area contributed by atoms with E-state index in [0.717, 1.165) is 28.1 Å². The lowest BCUT2D eigenvalue weighted by atomic mass is 10.1. The first kappa shape index (κ1) is 12.8. The van der Waals surface area contributed by atoms with Crippen molar-refractivity contribution in [1.82, 2.24) is 5.32 Å². The molecule has 0 aliphatic carbocycles. The van der Waals surface area contributed by atoms with Gasteiger partial charge in [-0.15, -0.1) is 0 Å². The molecule has 0 spiro atoms. The molecule has 17 heavy (non-hydrogen) atoms. The lowest BCUT2D eigenvalue weighted by molar-refractivity contribution is 0.658. The van der Waals surface area contributed by atoms with Gasteiger partial charge < -0.3 is 5.32 Å². The minimum Gasteiger partial charge on any atom is -0.358 e. The van der Waals surface area contributed by atoms with Gasteiger partial charge in [-0.3, -0.25) is 4.99 Å². The van der Waals surface area contributed by atoms with E-state index in [1.807, 2.05) is 18.2 Å². The Morgan fingerprint density at radius 1 is 1.47 bits per heavy atom. The van der Waals surface area contributed by atoms with Gasteiger partial charge >= 0.3 is 0 Å². The van der Waals surface area contributed by atoms with Crippen LogP contribution >= 0.6 is 23.4 Å². The van der Waals surface area contributed by atoms with E-state index in [2.05, 4.69) is 30.2 Å². The van der Waals surface area contributed by atoms with Crippen LogP contribution in [0.3, 0.4) is 0 Å². The zero-order valence-electron chi connectivity index (χ0n) is 10.1. The highest BCUT2D eigenvalue weighted by atomic mass is 35.5. The van der Waals surface area contributed by atoms with Gasteiger partial charge in [0.25, 0.3) is 0 Å². The monoisotopic (exact) mass is 268 g/mol. The zero-order valence-corrected chi connectivity index (χ0v) is 11.7. The average molecular weight is 269 g/mol. The molecular formula is C13H17ClN2S. The summed E-state index contributed by atoms with van der Waals surface area (Å²) in [5.74, 6) is 1.82. The molecule has 1 aromatic carbocycles. The zero-order chi connectivity index (χ0) is 12.3. The topological polar surface area (TPSA) is 24.4 Å². The second kappa shape index (κ2) is 5.78. The summed E-state index contributed by atoms with van der Waals surface area (Å²) in [6, 6.07) is 8.14. The van der Waals surface area contributed by atoms with E-state index in [1.54, 1.807) is 11.8 Å². The minimum atomic E-state index is 0.198. The number of nitrogens with zero attached hydrogens (tertiary/aromatic N) is 1. The SMILES string of the molecule is CC1CN=C(NC(C)c2ccccc2Cl)SC1. The Labute approximate surface area is 112 Å². The fourth-order valence-electron chi connectivity index (χ4n) is 1.73. The lowest BCUT2D eigenvalue weighted by Crippen LogP contribution is -2.28. The van der Waals surface area contributed by atoms with Gasteiger partial charge in [-0.05, 0) is 24.5 Å². The van der Waals surface area contributed by atoms with Crippen LogP contribution in [0.1, 0.15) is 25.5 Å². The first-order valence-corrected chi connectivity index (χ1v) is 7.21. The van der Waals surface area contributed by atoms with E-state index in [9.17, 15) is 0 Å². The molecular weight excluding hydrogens is 252 g/mol. The molecule has 4 heteroatoms. The molecule has 0 fully saturated rings. The van der Waals surface area contributed by atoms with Crippen LogP contribution in [0.5, 0.6) is 0 Å². The van der Waals surface area contributed by atoms with Crippen LogP contribution in [-0.4, -0.2) is 17.5 Å². The quantitative estimate of drug-likeness (QED) is 0.884. The molecule has 0 bridgehead atoms. The highest BCUT2D eigenvalue weighted by Crippen LogP contribution is 2.24. The van der Waals surface area contributed by atoms with Crippen LogP contribution in [0.15, 0.2) is 29.3 Å². The van der Waals surface area contributed by atoms with Crippen molar-refractivity contribution >= 4 is 28.5 Å². The predicted molar refractivity (Wildman–Crippen MR) is 76.9 cm³/mol. The number of benzene rings is 1. The van der Waals surface area contributed by atoms with Crippen molar-refractivity contribution in [3.05, 3.63) is 34.9 Å². The smallest absolute Gasteiger partial charge is 0.157 e. The second-order valence-electron chi connectivity index (χ2n) is 4.45. The number of halogens is 1. The van der Waals surface area contributed by atoms with Crippen molar-refractivity contribution in [1.29, 1.82) is 0 Å². The number of amidine groups is 1. The minimum absolute atomic E-state index is 0.198. The summed E-state index contributed by atoms with van der Waals surface area (Å²) >= 11 is 7.97. The van der Waals surface area contributed by atoms with Crippen molar-refractivity contribution in [3.63, 3.8) is 0 Å². The molecule has 2 nitrogen and oxygen atoms in total. The van der Waals surface area contributed by atoms with E-state index < -0.39 is 0 Å². The average Bonchev–Trinajstić information content (AvgIpc) is 2.32. The molecule has 0 aromatic heterocycles. The summed E-state index contributed by atoms with van der Waals surface area (Å²) in [4.78, 5) is 4.53. The molecule has 92 valence electrons. The third-order valence-electron chi connectivity index (χ3n) is 2.76. The number of hydrogen-bond acceptors (Lipinski definition) is 3. The van der Waals surface area contributed by atoms with Crippen LogP contribution in [0, 0.1) is 5.92 Å². The van der Waals surface area contributed by atoms with Gasteiger partial charge in [-0.25, -0.2) is 0 Å². The maximum Gasteiger partial charge on any atom is 0.157 e. The third kappa shape index (κ3) is 3.39. The first-order chi connectivity index (χ1) is 8.16. The van der Waals surface area contributed by atoms with E-state index in [4.69, 9.17) is 11.6 Å². The molecule has 2 atom stereocenters. The van der Waals surface area contributed by atoms with Crippen molar-refractivity contribution in [3.8, 4) is 0 Å². The maximum absolute atomic E-state index is 6.17. The Morgan fingerprint density at radius 2 is 2.24 bits per heavy atom. The van der Waals surface area contributed by atoms with E-state index in [0.29, 0.717) is 5.92 Å². The molecule has 1 heterocycles. The summed E-state index contributed by atoms with van der Waals surface area (Å²) in [6.45, 7) is 5.26. The normalized spacial score (nSPS) is 21.8. The van der Waals surface area contributed by atoms with Gasteiger partial charge in [0.05, 0.1) is 6.04 Å². The van der Waals surface area contributed by atoms with Crippen molar-refractivity contribution in [2.24, 2.45) is 10.9 Å². The van der Waals surface area contributed by atoms with Gasteiger partial charge in [0, 0.05) is 17.3 Å². The fraction of sp³-hybridized carbons (Fsp3) is 0.462. The predicted octanol–water partition coefficient (Wildman–Crippen LogP) is 3.73. The highest BCUT2D eigenvalue weighted by Gasteiger charge is 2.15. The molecule has 0 saturated heterocycles. The number of nitrogens with one attached hydrogen (secondary N) is 1. The van der Waals surface area contributed by atoms with Crippen molar-refractivity contribution < 1.29 is 0 Å². The van der Waals surface area contributed by atoms with Gasteiger partial charge in [0.15, 0.2) is 5.17 Å². The summed E-state index contributed by atoms with van der Waals surface area (Å²) < 4.78 is 0. The van der Waals surface area contributed by atoms with Gasteiger partial charge in [-0.2, -0.15) is 0 Å². The molecule has 0 radical (unpaired) electrons. The maximum atomic E-state index is 6.17. The third-order valence-corrected chi connectivity index (χ3v) is 4.36. The van der Waals surface area contributed by atoms with E-state index >= 15 is 0 Å². The Morgan fingerprint density at radius 3 is 2.88 bits per heavy atom.